The first kappa shape index (κ1) is 18.0. The van der Waals surface area contributed by atoms with Crippen LogP contribution in [0.3, 0.4) is 0 Å². The van der Waals surface area contributed by atoms with E-state index in [2.05, 4.69) is 16.5 Å². The standard InChI is InChI=1S/C18H26N6O3/c1-12-13(2)24-14-15(20(3)18(26)21(4)16(14)25)19-17(24)23(12)7-5-6-22-8-10-27-11-9-22/h5-11H2,1-4H3/p+1. The summed E-state index contributed by atoms with van der Waals surface area (Å²) in [6, 6.07) is 0. The van der Waals surface area contributed by atoms with Crippen LogP contribution in [0.4, 0.5) is 0 Å². The Hall–Kier alpha value is -2.39. The summed E-state index contributed by atoms with van der Waals surface area (Å²) in [6.07, 6.45) is 1.03. The van der Waals surface area contributed by atoms with Crippen molar-refractivity contribution in [1.82, 2.24) is 23.1 Å². The molecule has 0 aliphatic carbocycles. The summed E-state index contributed by atoms with van der Waals surface area (Å²) in [5.74, 6) is 0.732. The number of imidazole rings is 2. The number of rotatable bonds is 4. The largest absolute Gasteiger partial charge is 0.370 e. The number of ether oxygens (including phenoxy) is 1. The lowest BCUT2D eigenvalue weighted by Crippen LogP contribution is -3.14. The van der Waals surface area contributed by atoms with E-state index in [-0.39, 0.29) is 11.2 Å². The molecule has 0 spiro atoms. The van der Waals surface area contributed by atoms with Crippen LogP contribution < -0.4 is 16.1 Å². The molecule has 0 radical (unpaired) electrons. The number of aromatic nitrogens is 5. The Labute approximate surface area is 156 Å². The van der Waals surface area contributed by atoms with E-state index in [1.807, 2.05) is 11.3 Å². The minimum Gasteiger partial charge on any atom is -0.370 e. The molecule has 1 saturated heterocycles. The molecule has 0 saturated carbocycles. The fourth-order valence-corrected chi connectivity index (χ4v) is 4.05. The van der Waals surface area contributed by atoms with E-state index in [4.69, 9.17) is 4.74 Å². The minimum absolute atomic E-state index is 0.307. The molecule has 0 aromatic carbocycles. The van der Waals surface area contributed by atoms with Gasteiger partial charge >= 0.3 is 5.69 Å². The number of nitrogens with one attached hydrogen (secondary N) is 1. The van der Waals surface area contributed by atoms with Crippen molar-refractivity contribution in [3.8, 4) is 0 Å². The summed E-state index contributed by atoms with van der Waals surface area (Å²) in [4.78, 5) is 31.2. The van der Waals surface area contributed by atoms with Crippen molar-refractivity contribution in [1.29, 1.82) is 0 Å². The molecular weight excluding hydrogens is 348 g/mol. The van der Waals surface area contributed by atoms with Gasteiger partial charge in [-0.05, 0) is 13.8 Å². The van der Waals surface area contributed by atoms with Crippen molar-refractivity contribution in [3.05, 3.63) is 32.2 Å². The van der Waals surface area contributed by atoms with Gasteiger partial charge in [0.1, 0.15) is 13.1 Å². The van der Waals surface area contributed by atoms with Gasteiger partial charge in [0.05, 0.1) is 19.8 Å². The monoisotopic (exact) mass is 375 g/mol. The van der Waals surface area contributed by atoms with E-state index in [1.54, 1.807) is 11.9 Å². The van der Waals surface area contributed by atoms with Gasteiger partial charge in [0.25, 0.3) is 5.56 Å². The van der Waals surface area contributed by atoms with E-state index >= 15 is 0 Å². The van der Waals surface area contributed by atoms with Gasteiger partial charge in [-0.15, -0.1) is 0 Å². The molecule has 0 bridgehead atoms. The number of hydrogen-bond donors (Lipinski definition) is 1. The van der Waals surface area contributed by atoms with E-state index < -0.39 is 0 Å². The highest BCUT2D eigenvalue weighted by atomic mass is 16.5. The highest BCUT2D eigenvalue weighted by molar-refractivity contribution is 5.76. The molecule has 1 aliphatic rings. The van der Waals surface area contributed by atoms with Gasteiger partial charge in [0.2, 0.25) is 5.78 Å². The van der Waals surface area contributed by atoms with Crippen molar-refractivity contribution in [3.63, 3.8) is 0 Å². The van der Waals surface area contributed by atoms with E-state index in [9.17, 15) is 9.59 Å². The van der Waals surface area contributed by atoms with Crippen molar-refractivity contribution < 1.29 is 9.64 Å². The van der Waals surface area contributed by atoms with Crippen LogP contribution in [0.1, 0.15) is 17.8 Å². The summed E-state index contributed by atoms with van der Waals surface area (Å²) in [6.45, 7) is 9.78. The summed E-state index contributed by atoms with van der Waals surface area (Å²) in [7, 11) is 3.17. The molecule has 3 aromatic rings. The molecule has 1 fully saturated rings. The molecule has 1 aliphatic heterocycles. The second-order valence-electron chi connectivity index (χ2n) is 7.41. The zero-order valence-electron chi connectivity index (χ0n) is 16.4. The summed E-state index contributed by atoms with van der Waals surface area (Å²) in [5, 5.41) is 0. The first-order chi connectivity index (χ1) is 12.9. The van der Waals surface area contributed by atoms with Crippen LogP contribution in [0.15, 0.2) is 9.59 Å². The zero-order chi connectivity index (χ0) is 19.3. The zero-order valence-corrected chi connectivity index (χ0v) is 16.4. The number of morpholine rings is 1. The van der Waals surface area contributed by atoms with Crippen LogP contribution in [0.5, 0.6) is 0 Å². The van der Waals surface area contributed by atoms with Gasteiger partial charge in [0, 0.05) is 38.4 Å². The molecule has 27 heavy (non-hydrogen) atoms. The van der Waals surface area contributed by atoms with Crippen LogP contribution in [-0.2, 0) is 25.4 Å². The van der Waals surface area contributed by atoms with Crippen LogP contribution in [-0.4, -0.2) is 55.9 Å². The second kappa shape index (κ2) is 6.65. The molecular formula is C18H27N6O3+. The fourth-order valence-electron chi connectivity index (χ4n) is 4.05. The van der Waals surface area contributed by atoms with Gasteiger partial charge in [-0.2, -0.15) is 4.98 Å². The first-order valence-electron chi connectivity index (χ1n) is 9.47. The molecule has 4 heterocycles. The third-order valence-electron chi connectivity index (χ3n) is 5.86. The number of nitrogens with zero attached hydrogens (tertiary/aromatic N) is 5. The Bertz CT molecular complexity index is 1130. The van der Waals surface area contributed by atoms with Gasteiger partial charge in [-0.25, -0.2) is 4.79 Å². The molecule has 3 aromatic heterocycles. The maximum Gasteiger partial charge on any atom is 0.332 e. The SMILES string of the molecule is Cc1c(C)n2c3c(=O)n(C)c(=O)n(C)c3nc2n1CCC[NH+]1CCOCC1. The predicted molar refractivity (Wildman–Crippen MR) is 102 cm³/mol. The molecule has 1 N–H and O–H groups in total. The Kier molecular flexibility index (Phi) is 4.43. The topological polar surface area (TPSA) is 79.9 Å². The molecule has 9 heteroatoms. The van der Waals surface area contributed by atoms with Gasteiger partial charge in [-0.3, -0.25) is 18.3 Å². The second-order valence-corrected chi connectivity index (χ2v) is 7.41. The summed E-state index contributed by atoms with van der Waals surface area (Å²) >= 11 is 0. The average Bonchev–Trinajstić information content (AvgIpc) is 3.17. The Morgan fingerprint density at radius 3 is 2.48 bits per heavy atom. The maximum atomic E-state index is 12.7. The highest BCUT2D eigenvalue weighted by Crippen LogP contribution is 2.20. The van der Waals surface area contributed by atoms with Gasteiger partial charge in [-0.1, -0.05) is 0 Å². The van der Waals surface area contributed by atoms with Crippen molar-refractivity contribution in [2.45, 2.75) is 26.8 Å². The smallest absolute Gasteiger partial charge is 0.332 e. The normalized spacial score (nSPS) is 16.0. The van der Waals surface area contributed by atoms with Crippen molar-refractivity contribution in [2.24, 2.45) is 14.1 Å². The fraction of sp³-hybridized carbons (Fsp3) is 0.611. The van der Waals surface area contributed by atoms with Crippen LogP contribution in [0, 0.1) is 13.8 Å². The van der Waals surface area contributed by atoms with Crippen LogP contribution in [0.2, 0.25) is 0 Å². The maximum absolute atomic E-state index is 12.7. The van der Waals surface area contributed by atoms with Gasteiger partial charge < -0.3 is 14.2 Å². The third kappa shape index (κ3) is 2.72. The lowest BCUT2D eigenvalue weighted by atomic mass is 10.3. The summed E-state index contributed by atoms with van der Waals surface area (Å²) in [5.41, 5.74) is 2.33. The molecule has 0 atom stereocenters. The third-order valence-corrected chi connectivity index (χ3v) is 5.86. The Balaban J connectivity index is 1.76. The summed E-state index contributed by atoms with van der Waals surface area (Å²) < 4.78 is 12.1. The van der Waals surface area contributed by atoms with Crippen molar-refractivity contribution in [2.75, 3.05) is 32.8 Å². The minimum atomic E-state index is -0.356. The van der Waals surface area contributed by atoms with E-state index in [1.165, 1.54) is 11.6 Å². The van der Waals surface area contributed by atoms with Crippen molar-refractivity contribution >= 4 is 16.9 Å². The molecule has 4 rings (SSSR count). The Morgan fingerprint density at radius 1 is 1.07 bits per heavy atom. The lowest BCUT2D eigenvalue weighted by molar-refractivity contribution is -0.908. The lowest BCUT2D eigenvalue weighted by Gasteiger charge is -2.23. The van der Waals surface area contributed by atoms with E-state index in [0.717, 1.165) is 67.5 Å². The van der Waals surface area contributed by atoms with Crippen LogP contribution in [0.25, 0.3) is 16.9 Å². The highest BCUT2D eigenvalue weighted by Gasteiger charge is 2.22. The predicted octanol–water partition coefficient (Wildman–Crippen LogP) is -1.39. The molecule has 146 valence electrons. The average molecular weight is 375 g/mol. The van der Waals surface area contributed by atoms with Gasteiger partial charge in [0.15, 0.2) is 11.2 Å². The molecule has 9 nitrogen and oxygen atoms in total. The number of quaternary nitrogens is 1. The van der Waals surface area contributed by atoms with Crippen LogP contribution >= 0.6 is 0 Å². The number of fused-ring (bicyclic) bond motifs is 3. The molecule has 0 amide bonds. The molecule has 0 unspecified atom stereocenters. The number of hydrogen-bond acceptors (Lipinski definition) is 4. The number of aryl methyl sites for hydroxylation is 3. The Morgan fingerprint density at radius 2 is 1.78 bits per heavy atom. The van der Waals surface area contributed by atoms with E-state index in [0.29, 0.717) is 11.2 Å². The quantitative estimate of drug-likeness (QED) is 0.609. The first-order valence-corrected chi connectivity index (χ1v) is 9.47.